The number of ketones is 2. The van der Waals surface area contributed by atoms with Crippen molar-refractivity contribution in [1.82, 2.24) is 0 Å². The van der Waals surface area contributed by atoms with Crippen molar-refractivity contribution >= 4 is 54.4 Å². The van der Waals surface area contributed by atoms with E-state index < -0.39 is 5.63 Å². The summed E-state index contributed by atoms with van der Waals surface area (Å²) in [5, 5.41) is 0.792. The summed E-state index contributed by atoms with van der Waals surface area (Å²) in [5.74, 6) is -0.361. The second-order valence-corrected chi connectivity index (χ2v) is 4.93. The molecule has 2 aromatic rings. The van der Waals surface area contributed by atoms with Crippen molar-refractivity contribution < 1.29 is 14.0 Å². The van der Waals surface area contributed by atoms with E-state index in [1.807, 2.05) is 0 Å². The third-order valence-electron chi connectivity index (χ3n) is 2.60. The molecule has 0 unspecified atom stereocenters. The Hall–Kier alpha value is -1.27. The lowest BCUT2D eigenvalue weighted by molar-refractivity contribution is 0.102. The van der Waals surface area contributed by atoms with Crippen LogP contribution in [0.25, 0.3) is 11.0 Å². The van der Waals surface area contributed by atoms with E-state index in [1.165, 1.54) is 24.3 Å². The first-order chi connectivity index (χ1) is 9.06. The normalized spacial score (nSPS) is 10.6. The average Bonchev–Trinajstić information content (AvgIpc) is 2.43. The number of rotatable bonds is 4. The minimum atomic E-state index is -0.520. The van der Waals surface area contributed by atoms with E-state index in [2.05, 4.69) is 31.9 Å². The maximum atomic E-state index is 11.9. The minimum Gasteiger partial charge on any atom is -0.423 e. The van der Waals surface area contributed by atoms with Crippen LogP contribution in [0.3, 0.4) is 0 Å². The number of carbonyl (C=O) groups is 2. The molecular weight excluding hydrogens is 380 g/mol. The lowest BCUT2D eigenvalue weighted by atomic mass is 10.0. The van der Waals surface area contributed by atoms with Gasteiger partial charge >= 0.3 is 5.63 Å². The number of Topliss-reactive ketones (excluding diaryl/α,β-unsaturated/α-hetero) is 2. The summed E-state index contributed by atoms with van der Waals surface area (Å²) in [6, 6.07) is 5.78. The maximum Gasteiger partial charge on any atom is 0.336 e. The van der Waals surface area contributed by atoms with Gasteiger partial charge in [-0.25, -0.2) is 4.79 Å². The van der Waals surface area contributed by atoms with Gasteiger partial charge in [-0.2, -0.15) is 0 Å². The fraction of sp³-hybridized carbons (Fsp3) is 0.154. The van der Waals surface area contributed by atoms with E-state index in [1.54, 1.807) is 0 Å². The van der Waals surface area contributed by atoms with Gasteiger partial charge in [0.15, 0.2) is 11.6 Å². The number of hydrogen-bond acceptors (Lipinski definition) is 4. The summed E-state index contributed by atoms with van der Waals surface area (Å²) in [6.07, 6.45) is 0. The van der Waals surface area contributed by atoms with E-state index in [0.717, 1.165) is 0 Å². The third kappa shape index (κ3) is 2.84. The molecule has 0 aliphatic rings. The number of halogens is 2. The molecule has 0 saturated heterocycles. The number of benzene rings is 1. The lowest BCUT2D eigenvalue weighted by Gasteiger charge is -2.06. The van der Waals surface area contributed by atoms with Crippen LogP contribution in [0.5, 0.6) is 0 Å². The summed E-state index contributed by atoms with van der Waals surface area (Å²) in [7, 11) is 0. The molecule has 0 radical (unpaired) electrons. The Bertz CT molecular complexity index is 718. The van der Waals surface area contributed by atoms with Crippen molar-refractivity contribution in [2.75, 3.05) is 10.7 Å². The summed E-state index contributed by atoms with van der Waals surface area (Å²) in [5.41, 5.74) is 0.419. The van der Waals surface area contributed by atoms with Crippen LogP contribution in [0.15, 0.2) is 33.5 Å². The highest BCUT2D eigenvalue weighted by atomic mass is 79.9. The van der Waals surface area contributed by atoms with E-state index >= 15 is 0 Å². The molecule has 0 atom stereocenters. The highest BCUT2D eigenvalue weighted by molar-refractivity contribution is 9.09. The molecule has 1 aromatic heterocycles. The fourth-order valence-electron chi connectivity index (χ4n) is 1.72. The molecule has 4 nitrogen and oxygen atoms in total. The first-order valence-electron chi connectivity index (χ1n) is 5.33. The van der Waals surface area contributed by atoms with Crippen molar-refractivity contribution in [3.63, 3.8) is 0 Å². The zero-order chi connectivity index (χ0) is 14.0. The molecule has 0 bridgehead atoms. The van der Waals surface area contributed by atoms with Crippen LogP contribution >= 0.6 is 31.9 Å². The molecule has 0 amide bonds. The van der Waals surface area contributed by atoms with Crippen LogP contribution in [-0.4, -0.2) is 22.2 Å². The van der Waals surface area contributed by atoms with Gasteiger partial charge in [0.2, 0.25) is 0 Å². The Balaban J connectivity index is 2.79. The molecule has 1 aromatic carbocycles. The van der Waals surface area contributed by atoms with Crippen LogP contribution < -0.4 is 5.63 Å². The van der Waals surface area contributed by atoms with Crippen LogP contribution in [0.2, 0.25) is 0 Å². The van der Waals surface area contributed by atoms with Gasteiger partial charge in [-0.05, 0) is 18.2 Å². The highest BCUT2D eigenvalue weighted by Crippen LogP contribution is 2.22. The first-order valence-corrected chi connectivity index (χ1v) is 7.57. The number of alkyl halides is 2. The monoisotopic (exact) mass is 386 g/mol. The number of fused-ring (bicyclic) bond motifs is 1. The Morgan fingerprint density at radius 3 is 2.37 bits per heavy atom. The largest absolute Gasteiger partial charge is 0.423 e. The first kappa shape index (κ1) is 14.1. The van der Waals surface area contributed by atoms with Gasteiger partial charge in [0.25, 0.3) is 0 Å². The van der Waals surface area contributed by atoms with Crippen LogP contribution in [0.4, 0.5) is 0 Å². The SMILES string of the molecule is O=C(CBr)c1cc(C(=O)CBr)c2ccc(=O)oc2c1. The molecule has 0 aliphatic heterocycles. The van der Waals surface area contributed by atoms with Crippen LogP contribution in [-0.2, 0) is 0 Å². The molecule has 0 N–H and O–H groups in total. The van der Waals surface area contributed by atoms with Gasteiger partial charge in [-0.3, -0.25) is 9.59 Å². The van der Waals surface area contributed by atoms with Gasteiger partial charge in [-0.1, -0.05) is 31.9 Å². The van der Waals surface area contributed by atoms with Gasteiger partial charge in [0, 0.05) is 22.6 Å². The van der Waals surface area contributed by atoms with Crippen molar-refractivity contribution in [2.45, 2.75) is 0 Å². The van der Waals surface area contributed by atoms with Crippen molar-refractivity contribution in [2.24, 2.45) is 0 Å². The van der Waals surface area contributed by atoms with Gasteiger partial charge in [0.1, 0.15) is 5.58 Å². The predicted octanol–water partition coefficient (Wildman–Crippen LogP) is 2.95. The molecule has 0 fully saturated rings. The Kier molecular flexibility index (Phi) is 4.31. The standard InChI is InChI=1S/C13H8Br2O4/c14-5-10(16)7-3-9(11(17)6-15)8-1-2-13(18)19-12(8)4-7/h1-4H,5-6H2. The Labute approximate surface area is 125 Å². The highest BCUT2D eigenvalue weighted by Gasteiger charge is 2.15. The van der Waals surface area contributed by atoms with Crippen molar-refractivity contribution in [3.05, 3.63) is 45.8 Å². The Morgan fingerprint density at radius 1 is 1.05 bits per heavy atom. The minimum absolute atomic E-state index is 0.132. The van der Waals surface area contributed by atoms with E-state index in [0.29, 0.717) is 16.5 Å². The quantitative estimate of drug-likeness (QED) is 0.459. The summed E-state index contributed by atoms with van der Waals surface area (Å²) in [6.45, 7) is 0. The molecular formula is C13H8Br2O4. The van der Waals surface area contributed by atoms with Crippen molar-refractivity contribution in [1.29, 1.82) is 0 Å². The fourth-order valence-corrected chi connectivity index (χ4v) is 2.34. The molecule has 0 saturated carbocycles. The second kappa shape index (κ2) is 5.79. The molecule has 6 heteroatoms. The predicted molar refractivity (Wildman–Crippen MR) is 78.7 cm³/mol. The third-order valence-corrected chi connectivity index (χ3v) is 3.62. The maximum absolute atomic E-state index is 11.9. The molecule has 98 valence electrons. The summed E-state index contributed by atoms with van der Waals surface area (Å²) >= 11 is 6.17. The van der Waals surface area contributed by atoms with Gasteiger partial charge in [0.05, 0.1) is 10.7 Å². The zero-order valence-electron chi connectivity index (χ0n) is 9.61. The summed E-state index contributed by atoms with van der Waals surface area (Å²) in [4.78, 5) is 34.8. The van der Waals surface area contributed by atoms with E-state index in [9.17, 15) is 14.4 Å². The molecule has 19 heavy (non-hydrogen) atoms. The molecule has 1 heterocycles. The van der Waals surface area contributed by atoms with Crippen molar-refractivity contribution in [3.8, 4) is 0 Å². The average molecular weight is 388 g/mol. The second-order valence-electron chi connectivity index (χ2n) is 3.80. The molecule has 2 rings (SSSR count). The van der Waals surface area contributed by atoms with Crippen LogP contribution in [0.1, 0.15) is 20.7 Å². The summed E-state index contributed by atoms with van der Waals surface area (Å²) < 4.78 is 5.04. The molecule has 0 aliphatic carbocycles. The smallest absolute Gasteiger partial charge is 0.336 e. The topological polar surface area (TPSA) is 64.3 Å². The Morgan fingerprint density at radius 2 is 1.74 bits per heavy atom. The van der Waals surface area contributed by atoms with Gasteiger partial charge < -0.3 is 4.42 Å². The van der Waals surface area contributed by atoms with Crippen LogP contribution in [0, 0.1) is 0 Å². The zero-order valence-corrected chi connectivity index (χ0v) is 12.8. The number of hydrogen-bond donors (Lipinski definition) is 0. The molecule has 0 spiro atoms. The number of carbonyl (C=O) groups excluding carboxylic acids is 2. The lowest BCUT2D eigenvalue weighted by Crippen LogP contribution is -2.07. The van der Waals surface area contributed by atoms with Gasteiger partial charge in [-0.15, -0.1) is 0 Å². The van der Waals surface area contributed by atoms with E-state index in [4.69, 9.17) is 4.42 Å². The van der Waals surface area contributed by atoms with E-state index in [-0.39, 0.29) is 27.8 Å².